The molecule has 0 heterocycles. The predicted molar refractivity (Wildman–Crippen MR) is 62.1 cm³/mol. The molecule has 90 valence electrons. The number of amides is 1. The van der Waals surface area contributed by atoms with Gasteiger partial charge in [0.05, 0.1) is 6.54 Å². The summed E-state index contributed by atoms with van der Waals surface area (Å²) in [6, 6.07) is -0.738. The van der Waals surface area contributed by atoms with E-state index < -0.39 is 12.0 Å². The third-order valence-electron chi connectivity index (χ3n) is 1.98. The lowest BCUT2D eigenvalue weighted by Crippen LogP contribution is -2.43. The molecule has 0 spiro atoms. The SMILES string of the molecule is C=CCN(CC=C)C(=O)CNC(C)C(=O)O. The van der Waals surface area contributed by atoms with Crippen molar-refractivity contribution in [1.82, 2.24) is 10.2 Å². The third kappa shape index (κ3) is 5.31. The van der Waals surface area contributed by atoms with Crippen LogP contribution in [0.2, 0.25) is 0 Å². The largest absolute Gasteiger partial charge is 0.480 e. The number of carboxylic acid groups (broad SMARTS) is 1. The summed E-state index contributed by atoms with van der Waals surface area (Å²) in [5.74, 6) is -1.15. The van der Waals surface area contributed by atoms with Crippen LogP contribution in [0.25, 0.3) is 0 Å². The van der Waals surface area contributed by atoms with E-state index in [-0.39, 0.29) is 12.5 Å². The molecule has 0 fully saturated rings. The number of rotatable bonds is 8. The molecule has 0 aliphatic rings. The van der Waals surface area contributed by atoms with E-state index in [2.05, 4.69) is 18.5 Å². The molecule has 0 aromatic rings. The molecule has 0 saturated carbocycles. The van der Waals surface area contributed by atoms with Crippen molar-refractivity contribution < 1.29 is 14.7 Å². The topological polar surface area (TPSA) is 69.6 Å². The van der Waals surface area contributed by atoms with Gasteiger partial charge in [0.1, 0.15) is 6.04 Å². The summed E-state index contributed by atoms with van der Waals surface area (Å²) >= 11 is 0. The van der Waals surface area contributed by atoms with Gasteiger partial charge >= 0.3 is 5.97 Å². The molecule has 0 rings (SSSR count). The fraction of sp³-hybridized carbons (Fsp3) is 0.455. The van der Waals surface area contributed by atoms with Gasteiger partial charge in [0.15, 0.2) is 0 Å². The molecule has 1 amide bonds. The van der Waals surface area contributed by atoms with E-state index in [0.29, 0.717) is 13.1 Å². The van der Waals surface area contributed by atoms with E-state index in [1.165, 1.54) is 11.8 Å². The van der Waals surface area contributed by atoms with Crippen molar-refractivity contribution in [2.75, 3.05) is 19.6 Å². The van der Waals surface area contributed by atoms with Crippen molar-refractivity contribution in [2.24, 2.45) is 0 Å². The Hall–Kier alpha value is -1.62. The zero-order chi connectivity index (χ0) is 12.6. The second-order valence-electron chi connectivity index (χ2n) is 3.32. The van der Waals surface area contributed by atoms with Crippen molar-refractivity contribution in [2.45, 2.75) is 13.0 Å². The maximum Gasteiger partial charge on any atom is 0.320 e. The lowest BCUT2D eigenvalue weighted by atomic mass is 10.3. The van der Waals surface area contributed by atoms with E-state index in [1.807, 2.05) is 0 Å². The molecule has 16 heavy (non-hydrogen) atoms. The minimum atomic E-state index is -0.980. The smallest absolute Gasteiger partial charge is 0.320 e. The van der Waals surface area contributed by atoms with Gasteiger partial charge in [-0.1, -0.05) is 12.2 Å². The molecule has 0 aliphatic carbocycles. The number of nitrogens with one attached hydrogen (secondary N) is 1. The Kier molecular flexibility index (Phi) is 6.87. The van der Waals surface area contributed by atoms with Gasteiger partial charge in [0, 0.05) is 13.1 Å². The minimum Gasteiger partial charge on any atom is -0.480 e. The first kappa shape index (κ1) is 14.4. The lowest BCUT2D eigenvalue weighted by Gasteiger charge is -2.20. The summed E-state index contributed by atoms with van der Waals surface area (Å²) in [4.78, 5) is 23.7. The average molecular weight is 226 g/mol. The van der Waals surface area contributed by atoms with Crippen LogP contribution in [0.5, 0.6) is 0 Å². The summed E-state index contributed by atoms with van der Waals surface area (Å²) in [5, 5.41) is 11.2. The van der Waals surface area contributed by atoms with Crippen LogP contribution in [0.15, 0.2) is 25.3 Å². The molecule has 5 heteroatoms. The summed E-state index contributed by atoms with van der Waals surface area (Å²) in [7, 11) is 0. The van der Waals surface area contributed by atoms with Crippen molar-refractivity contribution >= 4 is 11.9 Å². The highest BCUT2D eigenvalue weighted by molar-refractivity contribution is 5.80. The fourth-order valence-corrected chi connectivity index (χ4v) is 1.03. The van der Waals surface area contributed by atoms with Crippen LogP contribution in [-0.2, 0) is 9.59 Å². The molecule has 0 radical (unpaired) electrons. The molecule has 0 aromatic heterocycles. The van der Waals surface area contributed by atoms with Gasteiger partial charge in [-0.15, -0.1) is 13.2 Å². The molecular formula is C11H18N2O3. The first-order valence-electron chi connectivity index (χ1n) is 4.98. The van der Waals surface area contributed by atoms with Gasteiger partial charge in [0.25, 0.3) is 0 Å². The number of carbonyl (C=O) groups excluding carboxylic acids is 1. The highest BCUT2D eigenvalue weighted by Crippen LogP contribution is 1.91. The summed E-state index contributed by atoms with van der Waals surface area (Å²) in [5.41, 5.74) is 0. The van der Waals surface area contributed by atoms with Gasteiger partial charge in [-0.3, -0.25) is 14.9 Å². The predicted octanol–water partition coefficient (Wildman–Crippen LogP) is 0.250. The standard InChI is InChI=1S/C11H18N2O3/c1-4-6-13(7-5-2)10(14)8-12-9(3)11(15)16/h4-5,9,12H,1-2,6-8H2,3H3,(H,15,16). The Morgan fingerprint density at radius 3 is 2.25 bits per heavy atom. The molecule has 0 aliphatic heterocycles. The molecule has 1 atom stereocenters. The zero-order valence-corrected chi connectivity index (χ0v) is 9.48. The Bertz CT molecular complexity index is 266. The van der Waals surface area contributed by atoms with E-state index in [1.54, 1.807) is 12.2 Å². The fourth-order valence-electron chi connectivity index (χ4n) is 1.03. The highest BCUT2D eigenvalue weighted by atomic mass is 16.4. The number of hydrogen-bond donors (Lipinski definition) is 2. The van der Waals surface area contributed by atoms with E-state index in [0.717, 1.165) is 0 Å². The van der Waals surface area contributed by atoms with E-state index in [9.17, 15) is 9.59 Å². The Morgan fingerprint density at radius 1 is 1.38 bits per heavy atom. The Balaban J connectivity index is 4.14. The monoisotopic (exact) mass is 226 g/mol. The third-order valence-corrected chi connectivity index (χ3v) is 1.98. The maximum absolute atomic E-state index is 11.6. The second-order valence-corrected chi connectivity index (χ2v) is 3.32. The number of aliphatic carboxylic acids is 1. The van der Waals surface area contributed by atoms with Gasteiger partial charge in [-0.2, -0.15) is 0 Å². The Morgan fingerprint density at radius 2 is 1.88 bits per heavy atom. The van der Waals surface area contributed by atoms with Crippen molar-refractivity contribution in [3.8, 4) is 0 Å². The molecule has 0 bridgehead atoms. The van der Waals surface area contributed by atoms with Crippen LogP contribution >= 0.6 is 0 Å². The van der Waals surface area contributed by atoms with Gasteiger partial charge in [0.2, 0.25) is 5.91 Å². The van der Waals surface area contributed by atoms with Crippen molar-refractivity contribution in [1.29, 1.82) is 0 Å². The number of nitrogens with zero attached hydrogens (tertiary/aromatic N) is 1. The summed E-state index contributed by atoms with van der Waals surface area (Å²) in [6.07, 6.45) is 3.23. The van der Waals surface area contributed by atoms with Gasteiger partial charge in [-0.25, -0.2) is 0 Å². The molecule has 0 aromatic carbocycles. The summed E-state index contributed by atoms with van der Waals surface area (Å²) < 4.78 is 0. The maximum atomic E-state index is 11.6. The Labute approximate surface area is 95.4 Å². The van der Waals surface area contributed by atoms with Crippen molar-refractivity contribution in [3.05, 3.63) is 25.3 Å². The molecule has 5 nitrogen and oxygen atoms in total. The number of carboxylic acids is 1. The molecule has 2 N–H and O–H groups in total. The first-order valence-corrected chi connectivity index (χ1v) is 4.98. The van der Waals surface area contributed by atoms with E-state index in [4.69, 9.17) is 5.11 Å². The minimum absolute atomic E-state index is 0.00481. The van der Waals surface area contributed by atoms with Gasteiger partial charge in [-0.05, 0) is 6.92 Å². The first-order chi connectivity index (χ1) is 7.52. The van der Waals surface area contributed by atoms with Crippen LogP contribution in [-0.4, -0.2) is 47.6 Å². The van der Waals surface area contributed by atoms with E-state index >= 15 is 0 Å². The average Bonchev–Trinajstić information content (AvgIpc) is 2.24. The van der Waals surface area contributed by atoms with Crippen LogP contribution in [0, 0.1) is 0 Å². The van der Waals surface area contributed by atoms with Crippen LogP contribution in [0.4, 0.5) is 0 Å². The van der Waals surface area contributed by atoms with Crippen LogP contribution in [0.3, 0.4) is 0 Å². The van der Waals surface area contributed by atoms with Crippen molar-refractivity contribution in [3.63, 3.8) is 0 Å². The second kappa shape index (κ2) is 7.64. The summed E-state index contributed by atoms with van der Waals surface area (Å²) in [6.45, 7) is 9.42. The quantitative estimate of drug-likeness (QED) is 0.582. The molecule has 1 unspecified atom stereocenters. The lowest BCUT2D eigenvalue weighted by molar-refractivity contribution is -0.139. The van der Waals surface area contributed by atoms with Crippen LogP contribution in [0.1, 0.15) is 6.92 Å². The highest BCUT2D eigenvalue weighted by Gasteiger charge is 2.14. The zero-order valence-electron chi connectivity index (χ0n) is 9.48. The van der Waals surface area contributed by atoms with Gasteiger partial charge < -0.3 is 10.0 Å². The number of hydrogen-bond acceptors (Lipinski definition) is 3. The van der Waals surface area contributed by atoms with Crippen LogP contribution < -0.4 is 5.32 Å². The molecular weight excluding hydrogens is 208 g/mol. The number of carbonyl (C=O) groups is 2. The normalized spacial score (nSPS) is 11.6. The molecule has 0 saturated heterocycles.